The summed E-state index contributed by atoms with van der Waals surface area (Å²) in [5.74, 6) is -1.40. The van der Waals surface area contributed by atoms with Gasteiger partial charge in [-0.05, 0) is 33.3 Å². The normalized spacial score (nSPS) is 12.7. The predicted octanol–water partition coefficient (Wildman–Crippen LogP) is 5.64. The van der Waals surface area contributed by atoms with Crippen molar-refractivity contribution in [2.24, 2.45) is 5.41 Å². The molecule has 0 radical (unpaired) electrons. The molecule has 1 amide bonds. The molecule has 0 aliphatic carbocycles. The molecule has 0 aromatic carbocycles. The third-order valence-corrected chi connectivity index (χ3v) is 3.84. The van der Waals surface area contributed by atoms with Gasteiger partial charge in [0.1, 0.15) is 27.2 Å². The average Bonchev–Trinajstić information content (AvgIpc) is 2.43. The van der Waals surface area contributed by atoms with Crippen molar-refractivity contribution in [2.45, 2.75) is 60.5 Å². The Morgan fingerprint density at radius 1 is 1.11 bits per heavy atom. The average molecular weight is 417 g/mol. The fraction of sp³-hybridized carbons (Fsp3) is 0.526. The Morgan fingerprint density at radius 2 is 1.63 bits per heavy atom. The number of anilines is 1. The fourth-order valence-electron chi connectivity index (χ4n) is 2.09. The number of carbonyl (C=O) groups excluding carboxylic acids is 1. The van der Waals surface area contributed by atoms with Crippen LogP contribution >= 0.6 is 23.2 Å². The Bertz CT molecular complexity index is 775. The van der Waals surface area contributed by atoms with Crippen LogP contribution in [0.2, 0.25) is 10.3 Å². The van der Waals surface area contributed by atoms with Crippen LogP contribution in [0.15, 0.2) is 6.08 Å². The fourth-order valence-corrected chi connectivity index (χ4v) is 2.66. The second-order valence-electron chi connectivity index (χ2n) is 8.02. The van der Waals surface area contributed by atoms with Crippen LogP contribution in [0, 0.1) is 5.41 Å². The van der Waals surface area contributed by atoms with E-state index in [9.17, 15) is 14.7 Å². The molecule has 1 rings (SSSR count). The van der Waals surface area contributed by atoms with Crippen LogP contribution in [0.1, 0.15) is 70.8 Å². The van der Waals surface area contributed by atoms with Gasteiger partial charge in [-0.25, -0.2) is 9.78 Å². The Morgan fingerprint density at radius 3 is 2.04 bits per heavy atom. The number of allylic oxidation sites excluding steroid dienone is 1. The number of ether oxygens (including phenoxy) is 1. The van der Waals surface area contributed by atoms with Gasteiger partial charge >= 0.3 is 5.97 Å². The highest BCUT2D eigenvalue weighted by Crippen LogP contribution is 2.39. The number of carboxylic acid groups (broad SMARTS) is 1. The van der Waals surface area contributed by atoms with E-state index in [-0.39, 0.29) is 27.1 Å². The third-order valence-electron chi connectivity index (χ3n) is 3.29. The SMILES string of the molecule is CC/C=C(\OC(C)(C)C)c1c(Cl)nc(Cl)c(C(=O)O)c1NC(=O)C(C)(C)C. The van der Waals surface area contributed by atoms with Crippen LogP contribution in [-0.4, -0.2) is 27.6 Å². The van der Waals surface area contributed by atoms with Gasteiger partial charge in [0.15, 0.2) is 0 Å². The number of nitrogens with one attached hydrogen (secondary N) is 1. The summed E-state index contributed by atoms with van der Waals surface area (Å²) < 4.78 is 5.98. The molecule has 1 heterocycles. The molecule has 0 saturated heterocycles. The molecule has 150 valence electrons. The number of nitrogens with zero attached hydrogens (tertiary/aromatic N) is 1. The lowest BCUT2D eigenvalue weighted by atomic mass is 9.95. The van der Waals surface area contributed by atoms with Crippen molar-refractivity contribution in [3.63, 3.8) is 0 Å². The molecule has 2 N–H and O–H groups in total. The van der Waals surface area contributed by atoms with Crippen molar-refractivity contribution < 1.29 is 19.4 Å². The number of carboxylic acids is 1. The molecule has 0 aliphatic heterocycles. The first-order chi connectivity index (χ1) is 12.2. The van der Waals surface area contributed by atoms with Crippen LogP contribution in [0.3, 0.4) is 0 Å². The first kappa shape index (κ1) is 23.2. The highest BCUT2D eigenvalue weighted by molar-refractivity contribution is 6.36. The monoisotopic (exact) mass is 416 g/mol. The molecule has 1 aromatic rings. The highest BCUT2D eigenvalue weighted by Gasteiger charge is 2.31. The molecule has 0 fully saturated rings. The number of pyridine rings is 1. The lowest BCUT2D eigenvalue weighted by Crippen LogP contribution is -2.29. The van der Waals surface area contributed by atoms with Gasteiger partial charge in [-0.1, -0.05) is 50.9 Å². The first-order valence-corrected chi connectivity index (χ1v) is 9.28. The van der Waals surface area contributed by atoms with Gasteiger partial charge in [-0.15, -0.1) is 0 Å². The first-order valence-electron chi connectivity index (χ1n) is 8.52. The Balaban J connectivity index is 3.81. The van der Waals surface area contributed by atoms with E-state index in [0.29, 0.717) is 12.2 Å². The molecule has 6 nitrogen and oxygen atoms in total. The van der Waals surface area contributed by atoms with Crippen molar-refractivity contribution in [3.8, 4) is 0 Å². The topological polar surface area (TPSA) is 88.5 Å². The van der Waals surface area contributed by atoms with E-state index in [1.54, 1.807) is 26.8 Å². The Labute approximate surface area is 169 Å². The second kappa shape index (κ2) is 8.48. The maximum absolute atomic E-state index is 12.6. The van der Waals surface area contributed by atoms with Gasteiger partial charge in [0.05, 0.1) is 11.3 Å². The molecule has 8 heteroatoms. The number of amides is 1. The molecule has 0 bridgehead atoms. The van der Waals surface area contributed by atoms with Crippen molar-refractivity contribution in [1.29, 1.82) is 0 Å². The number of rotatable bonds is 5. The lowest BCUT2D eigenvalue weighted by Gasteiger charge is -2.27. The minimum atomic E-state index is -1.33. The highest BCUT2D eigenvalue weighted by atomic mass is 35.5. The summed E-state index contributed by atoms with van der Waals surface area (Å²) in [5.41, 5.74) is -1.54. The minimum Gasteiger partial charge on any atom is -0.488 e. The van der Waals surface area contributed by atoms with Gasteiger partial charge in [0.2, 0.25) is 5.91 Å². The maximum Gasteiger partial charge on any atom is 0.341 e. The van der Waals surface area contributed by atoms with Crippen LogP contribution in [0.5, 0.6) is 0 Å². The number of carbonyl (C=O) groups is 2. The van der Waals surface area contributed by atoms with Gasteiger partial charge < -0.3 is 15.2 Å². The van der Waals surface area contributed by atoms with E-state index < -0.39 is 22.9 Å². The number of hydrogen-bond donors (Lipinski definition) is 2. The second-order valence-corrected chi connectivity index (χ2v) is 8.73. The Kier molecular flexibility index (Phi) is 7.30. The van der Waals surface area contributed by atoms with E-state index in [2.05, 4.69) is 10.3 Å². The number of halogens is 2. The van der Waals surface area contributed by atoms with Crippen LogP contribution in [0.25, 0.3) is 5.76 Å². The summed E-state index contributed by atoms with van der Waals surface area (Å²) in [4.78, 5) is 28.3. The molecule has 1 aromatic heterocycles. The van der Waals surface area contributed by atoms with Crippen LogP contribution in [-0.2, 0) is 9.53 Å². The minimum absolute atomic E-state index is 0.0311. The zero-order valence-corrected chi connectivity index (χ0v) is 18.2. The van der Waals surface area contributed by atoms with E-state index in [4.69, 9.17) is 27.9 Å². The molecule has 0 spiro atoms. The zero-order valence-electron chi connectivity index (χ0n) is 16.7. The van der Waals surface area contributed by atoms with Gasteiger partial charge in [-0.2, -0.15) is 0 Å². The molecule has 0 saturated carbocycles. The molecule has 27 heavy (non-hydrogen) atoms. The smallest absolute Gasteiger partial charge is 0.341 e. The summed E-state index contributed by atoms with van der Waals surface area (Å²) in [5, 5.41) is 11.9. The van der Waals surface area contributed by atoms with Crippen molar-refractivity contribution in [2.75, 3.05) is 5.32 Å². The summed E-state index contributed by atoms with van der Waals surface area (Å²) in [7, 11) is 0. The van der Waals surface area contributed by atoms with E-state index in [1.165, 1.54) is 0 Å². The van der Waals surface area contributed by atoms with E-state index in [1.807, 2.05) is 27.7 Å². The lowest BCUT2D eigenvalue weighted by molar-refractivity contribution is -0.123. The van der Waals surface area contributed by atoms with Crippen molar-refractivity contribution in [1.82, 2.24) is 4.98 Å². The zero-order chi connectivity index (χ0) is 21.2. The summed E-state index contributed by atoms with van der Waals surface area (Å²) in [6.45, 7) is 12.6. The number of hydrogen-bond acceptors (Lipinski definition) is 4. The Hall–Kier alpha value is -1.79. The summed E-state index contributed by atoms with van der Waals surface area (Å²) in [6.07, 6.45) is 2.35. The quantitative estimate of drug-likeness (QED) is 0.478. The largest absolute Gasteiger partial charge is 0.488 e. The van der Waals surface area contributed by atoms with Crippen LogP contribution in [0.4, 0.5) is 5.69 Å². The molecule has 0 aliphatic rings. The van der Waals surface area contributed by atoms with Crippen molar-refractivity contribution in [3.05, 3.63) is 27.5 Å². The molecule has 0 atom stereocenters. The van der Waals surface area contributed by atoms with Crippen molar-refractivity contribution >= 4 is 46.5 Å². The predicted molar refractivity (Wildman–Crippen MR) is 108 cm³/mol. The number of aromatic nitrogens is 1. The van der Waals surface area contributed by atoms with E-state index >= 15 is 0 Å². The van der Waals surface area contributed by atoms with Gasteiger partial charge in [0.25, 0.3) is 0 Å². The standard InChI is InChI=1S/C19H26Cl2N2O4/c1-8-9-10(27-19(5,6)7)11-13(22-17(26)18(2,3)4)12(16(24)25)15(21)23-14(11)20/h9H,8H2,1-7H3,(H,24,25)(H,22,23,26)/b10-9-. The van der Waals surface area contributed by atoms with E-state index in [0.717, 1.165) is 0 Å². The number of aromatic carboxylic acids is 1. The molecule has 0 unspecified atom stereocenters. The summed E-state index contributed by atoms with van der Waals surface area (Å²) in [6, 6.07) is 0. The molecular weight excluding hydrogens is 391 g/mol. The van der Waals surface area contributed by atoms with Gasteiger partial charge in [0, 0.05) is 5.41 Å². The molecular formula is C19H26Cl2N2O4. The maximum atomic E-state index is 12.6. The summed E-state index contributed by atoms with van der Waals surface area (Å²) >= 11 is 12.3. The third kappa shape index (κ3) is 6.11. The van der Waals surface area contributed by atoms with Crippen LogP contribution < -0.4 is 5.32 Å². The van der Waals surface area contributed by atoms with Gasteiger partial charge in [-0.3, -0.25) is 4.79 Å².